The van der Waals surface area contributed by atoms with Gasteiger partial charge < -0.3 is 21.1 Å². The van der Waals surface area contributed by atoms with Gasteiger partial charge in [-0.1, -0.05) is 0 Å². The fourth-order valence-electron chi connectivity index (χ4n) is 1.72. The van der Waals surface area contributed by atoms with Gasteiger partial charge in [0.25, 0.3) is 0 Å². The molecule has 1 aliphatic rings. The Balaban J connectivity index is 2.25. The van der Waals surface area contributed by atoms with Crippen molar-refractivity contribution < 1.29 is 9.53 Å². The summed E-state index contributed by atoms with van der Waals surface area (Å²) in [6, 6.07) is 0.115. The van der Waals surface area contributed by atoms with E-state index in [4.69, 9.17) is 10.5 Å². The highest BCUT2D eigenvalue weighted by atomic mass is 16.6. The summed E-state index contributed by atoms with van der Waals surface area (Å²) in [5, 5.41) is 5.99. The molecule has 1 aliphatic heterocycles. The van der Waals surface area contributed by atoms with Crippen LogP contribution in [0.2, 0.25) is 0 Å². The van der Waals surface area contributed by atoms with Crippen LogP contribution in [0.1, 0.15) is 27.2 Å². The van der Waals surface area contributed by atoms with Gasteiger partial charge in [0.15, 0.2) is 0 Å². The van der Waals surface area contributed by atoms with E-state index in [0.717, 1.165) is 19.5 Å². The van der Waals surface area contributed by atoms with E-state index in [9.17, 15) is 4.79 Å². The highest BCUT2D eigenvalue weighted by Crippen LogP contribution is 2.10. The molecule has 0 aliphatic carbocycles. The van der Waals surface area contributed by atoms with Crippen molar-refractivity contribution in [1.82, 2.24) is 10.6 Å². The van der Waals surface area contributed by atoms with E-state index in [2.05, 4.69) is 10.6 Å². The molecule has 0 saturated carbocycles. The average Bonchev–Trinajstić information content (AvgIpc) is 2.14. The third-order valence-electron chi connectivity index (χ3n) is 2.58. The van der Waals surface area contributed by atoms with Crippen molar-refractivity contribution in [1.29, 1.82) is 0 Å². The normalized spacial score (nSPS) is 26.2. The summed E-state index contributed by atoms with van der Waals surface area (Å²) in [7, 11) is 0. The molecule has 16 heavy (non-hydrogen) atoms. The monoisotopic (exact) mass is 229 g/mol. The largest absolute Gasteiger partial charge is 0.444 e. The van der Waals surface area contributed by atoms with Crippen LogP contribution in [-0.2, 0) is 4.74 Å². The molecule has 0 radical (unpaired) electrons. The maximum Gasteiger partial charge on any atom is 0.407 e. The van der Waals surface area contributed by atoms with Crippen molar-refractivity contribution in [2.45, 2.75) is 38.8 Å². The number of hydrogen-bond donors (Lipinski definition) is 3. The zero-order valence-corrected chi connectivity index (χ0v) is 10.4. The Bertz CT molecular complexity index is 238. The summed E-state index contributed by atoms with van der Waals surface area (Å²) in [5.74, 6) is 0.341. The van der Waals surface area contributed by atoms with Crippen molar-refractivity contribution >= 4 is 6.09 Å². The fraction of sp³-hybridized carbons (Fsp3) is 0.909. The zero-order valence-electron chi connectivity index (χ0n) is 10.4. The van der Waals surface area contributed by atoms with E-state index in [1.54, 1.807) is 0 Å². The first kappa shape index (κ1) is 13.3. The molecule has 0 aromatic carbocycles. The summed E-state index contributed by atoms with van der Waals surface area (Å²) < 4.78 is 5.16. The first-order valence-corrected chi connectivity index (χ1v) is 5.81. The maximum atomic E-state index is 11.4. The van der Waals surface area contributed by atoms with Gasteiger partial charge in [0, 0.05) is 19.1 Å². The molecule has 1 fully saturated rings. The number of carbonyl (C=O) groups excluding carboxylic acids is 1. The molecule has 0 bridgehead atoms. The van der Waals surface area contributed by atoms with Gasteiger partial charge in [-0.15, -0.1) is 0 Å². The fourth-order valence-corrected chi connectivity index (χ4v) is 1.72. The maximum absolute atomic E-state index is 11.4. The second-order valence-electron chi connectivity index (χ2n) is 5.30. The van der Waals surface area contributed by atoms with Crippen molar-refractivity contribution in [3.63, 3.8) is 0 Å². The molecule has 2 atom stereocenters. The quantitative estimate of drug-likeness (QED) is 0.642. The number of nitrogens with one attached hydrogen (secondary N) is 2. The Labute approximate surface area is 97.1 Å². The smallest absolute Gasteiger partial charge is 0.407 e. The Kier molecular flexibility index (Phi) is 4.56. The Morgan fingerprint density at radius 1 is 1.56 bits per heavy atom. The van der Waals surface area contributed by atoms with Gasteiger partial charge in [-0.2, -0.15) is 0 Å². The molecule has 4 N–H and O–H groups in total. The molecule has 0 unspecified atom stereocenters. The molecule has 0 aromatic heterocycles. The van der Waals surface area contributed by atoms with E-state index in [1.165, 1.54) is 0 Å². The number of hydrogen-bond acceptors (Lipinski definition) is 4. The molecule has 1 heterocycles. The lowest BCUT2D eigenvalue weighted by Gasteiger charge is -2.29. The molecule has 94 valence electrons. The highest BCUT2D eigenvalue weighted by Gasteiger charge is 2.23. The van der Waals surface area contributed by atoms with Crippen LogP contribution in [0.4, 0.5) is 4.79 Å². The van der Waals surface area contributed by atoms with Crippen LogP contribution in [0.25, 0.3) is 0 Å². The molecule has 1 amide bonds. The first-order chi connectivity index (χ1) is 7.38. The van der Waals surface area contributed by atoms with Gasteiger partial charge in [0.05, 0.1) is 0 Å². The minimum Gasteiger partial charge on any atom is -0.444 e. The summed E-state index contributed by atoms with van der Waals surface area (Å²) in [6.07, 6.45) is 0.634. The lowest BCUT2D eigenvalue weighted by Crippen LogP contribution is -2.50. The zero-order chi connectivity index (χ0) is 12.2. The Morgan fingerprint density at radius 3 is 2.81 bits per heavy atom. The van der Waals surface area contributed by atoms with E-state index in [-0.39, 0.29) is 12.1 Å². The van der Waals surface area contributed by atoms with Gasteiger partial charge in [0.2, 0.25) is 0 Å². The standard InChI is InChI=1S/C11H23N3O2/c1-11(2,3)16-10(15)14-6-8-4-5-13-7-9(8)12/h8-9,13H,4-7,12H2,1-3H3,(H,14,15)/t8-,9+/m0/s1. The summed E-state index contributed by atoms with van der Waals surface area (Å²) in [5.41, 5.74) is 5.49. The lowest BCUT2D eigenvalue weighted by molar-refractivity contribution is 0.0514. The van der Waals surface area contributed by atoms with E-state index in [1.807, 2.05) is 20.8 Å². The minimum absolute atomic E-state index is 0.115. The van der Waals surface area contributed by atoms with E-state index >= 15 is 0 Å². The molecular formula is C11H23N3O2. The van der Waals surface area contributed by atoms with Crippen LogP contribution in [-0.4, -0.2) is 37.4 Å². The summed E-state index contributed by atoms with van der Waals surface area (Å²) in [4.78, 5) is 11.4. The van der Waals surface area contributed by atoms with Gasteiger partial charge >= 0.3 is 6.09 Å². The van der Waals surface area contributed by atoms with Gasteiger partial charge in [-0.3, -0.25) is 0 Å². The number of alkyl carbamates (subject to hydrolysis) is 1. The van der Waals surface area contributed by atoms with E-state index < -0.39 is 5.60 Å². The molecule has 1 rings (SSSR count). The average molecular weight is 229 g/mol. The van der Waals surface area contributed by atoms with Crippen molar-refractivity contribution in [2.24, 2.45) is 11.7 Å². The SMILES string of the molecule is CC(C)(C)OC(=O)NC[C@@H]1CCNC[C@H]1N. The predicted octanol–water partition coefficient (Wildman–Crippen LogP) is 0.448. The van der Waals surface area contributed by atoms with Crippen LogP contribution in [0, 0.1) is 5.92 Å². The molecule has 0 spiro atoms. The summed E-state index contributed by atoms with van der Waals surface area (Å²) in [6.45, 7) is 7.93. The number of ether oxygens (including phenoxy) is 1. The molecule has 5 nitrogen and oxygen atoms in total. The number of piperidine rings is 1. The number of amides is 1. The topological polar surface area (TPSA) is 76.4 Å². The van der Waals surface area contributed by atoms with Crippen LogP contribution >= 0.6 is 0 Å². The third kappa shape index (κ3) is 4.81. The van der Waals surface area contributed by atoms with Crippen molar-refractivity contribution in [2.75, 3.05) is 19.6 Å². The minimum atomic E-state index is -0.444. The van der Waals surface area contributed by atoms with Crippen molar-refractivity contribution in [3.05, 3.63) is 0 Å². The van der Waals surface area contributed by atoms with Crippen LogP contribution in [0.3, 0.4) is 0 Å². The summed E-state index contributed by atoms with van der Waals surface area (Å²) >= 11 is 0. The molecule has 0 aromatic rings. The van der Waals surface area contributed by atoms with Crippen LogP contribution in [0.5, 0.6) is 0 Å². The molecule has 5 heteroatoms. The van der Waals surface area contributed by atoms with Crippen LogP contribution in [0.15, 0.2) is 0 Å². The van der Waals surface area contributed by atoms with Gasteiger partial charge in [-0.25, -0.2) is 4.79 Å². The number of nitrogens with two attached hydrogens (primary N) is 1. The predicted molar refractivity (Wildman–Crippen MR) is 63.2 cm³/mol. The highest BCUT2D eigenvalue weighted by molar-refractivity contribution is 5.67. The third-order valence-corrected chi connectivity index (χ3v) is 2.58. The number of rotatable bonds is 2. The Hall–Kier alpha value is -0.810. The van der Waals surface area contributed by atoms with Crippen LogP contribution < -0.4 is 16.4 Å². The van der Waals surface area contributed by atoms with E-state index in [0.29, 0.717) is 12.5 Å². The second-order valence-corrected chi connectivity index (χ2v) is 5.30. The second kappa shape index (κ2) is 5.50. The molecule has 1 saturated heterocycles. The lowest BCUT2D eigenvalue weighted by atomic mass is 9.93. The molecular weight excluding hydrogens is 206 g/mol. The Morgan fingerprint density at radius 2 is 2.25 bits per heavy atom. The van der Waals surface area contributed by atoms with Crippen molar-refractivity contribution in [3.8, 4) is 0 Å². The first-order valence-electron chi connectivity index (χ1n) is 5.81. The number of carbonyl (C=O) groups is 1. The van der Waals surface area contributed by atoms with Gasteiger partial charge in [-0.05, 0) is 39.7 Å². The van der Waals surface area contributed by atoms with Gasteiger partial charge in [0.1, 0.15) is 5.60 Å².